The van der Waals surface area contributed by atoms with Crippen molar-refractivity contribution in [2.24, 2.45) is 11.8 Å². The van der Waals surface area contributed by atoms with Crippen molar-refractivity contribution < 1.29 is 26.4 Å². The lowest BCUT2D eigenvalue weighted by atomic mass is 10.0. The van der Waals surface area contributed by atoms with Crippen LogP contribution in [0.2, 0.25) is 0 Å². The molecule has 0 spiro atoms. The first-order valence-corrected chi connectivity index (χ1v) is 9.16. The molecule has 1 saturated carbocycles. The zero-order valence-corrected chi connectivity index (χ0v) is 13.5. The van der Waals surface area contributed by atoms with E-state index in [-0.39, 0.29) is 24.7 Å². The van der Waals surface area contributed by atoms with Gasteiger partial charge in [0.15, 0.2) is 0 Å². The van der Waals surface area contributed by atoms with Crippen LogP contribution in [0, 0.1) is 11.8 Å². The van der Waals surface area contributed by atoms with E-state index in [4.69, 9.17) is 0 Å². The van der Waals surface area contributed by atoms with E-state index in [1.54, 1.807) is 4.90 Å². The molecular weight excluding hydrogens is 321 g/mol. The number of likely N-dealkylation sites (tertiary alicyclic amines) is 1. The van der Waals surface area contributed by atoms with E-state index in [1.165, 1.54) is 0 Å². The van der Waals surface area contributed by atoms with Gasteiger partial charge in [-0.3, -0.25) is 4.79 Å². The fraction of sp³-hybridized carbons (Fsp3) is 0.923. The Morgan fingerprint density at radius 1 is 1.27 bits per heavy atom. The average Bonchev–Trinajstić information content (AvgIpc) is 3.10. The number of carbonyl (C=O) groups excluding carboxylic acids is 1. The summed E-state index contributed by atoms with van der Waals surface area (Å²) in [4.78, 5) is 13.7. The minimum absolute atomic E-state index is 0.0396. The molecule has 2 rings (SSSR count). The fourth-order valence-corrected chi connectivity index (χ4v) is 4.10. The van der Waals surface area contributed by atoms with Gasteiger partial charge in [-0.1, -0.05) is 6.92 Å². The zero-order valence-electron chi connectivity index (χ0n) is 12.6. The second kappa shape index (κ2) is 5.99. The minimum Gasteiger partial charge on any atom is -0.342 e. The topological polar surface area (TPSA) is 57.7 Å². The molecule has 1 heterocycles. The Bertz CT molecular complexity index is 527. The predicted octanol–water partition coefficient (Wildman–Crippen LogP) is 1.46. The molecule has 0 aromatic rings. The molecule has 1 aliphatic heterocycles. The van der Waals surface area contributed by atoms with Crippen molar-refractivity contribution in [3.63, 3.8) is 0 Å². The number of hydrogen-bond donors (Lipinski definition) is 0. The largest absolute Gasteiger partial charge is 0.402 e. The van der Waals surface area contributed by atoms with Crippen molar-refractivity contribution in [2.45, 2.75) is 38.4 Å². The second-order valence-electron chi connectivity index (χ2n) is 6.30. The van der Waals surface area contributed by atoms with E-state index in [9.17, 15) is 26.4 Å². The summed E-state index contributed by atoms with van der Waals surface area (Å²) in [5.41, 5.74) is 0. The molecule has 2 fully saturated rings. The molecule has 0 aromatic carbocycles. The fourth-order valence-electron chi connectivity index (χ4n) is 2.97. The normalized spacial score (nSPS) is 27.3. The molecule has 1 amide bonds. The highest BCUT2D eigenvalue weighted by Crippen LogP contribution is 2.39. The molecule has 2 aliphatic rings. The maximum Gasteiger partial charge on any atom is 0.402 e. The highest BCUT2D eigenvalue weighted by Gasteiger charge is 2.44. The number of halogens is 3. The van der Waals surface area contributed by atoms with Crippen molar-refractivity contribution in [2.75, 3.05) is 25.9 Å². The third-order valence-electron chi connectivity index (χ3n) is 4.37. The number of alkyl halides is 3. The third-order valence-corrected chi connectivity index (χ3v) is 5.65. The molecule has 1 saturated heterocycles. The summed E-state index contributed by atoms with van der Waals surface area (Å²) < 4.78 is 61.5. The number of sulfonamides is 1. The van der Waals surface area contributed by atoms with Gasteiger partial charge in [0.2, 0.25) is 15.9 Å². The zero-order chi connectivity index (χ0) is 16.7. The van der Waals surface area contributed by atoms with Crippen LogP contribution in [0.25, 0.3) is 0 Å². The molecule has 0 aromatic heterocycles. The van der Waals surface area contributed by atoms with E-state index in [1.807, 2.05) is 6.92 Å². The van der Waals surface area contributed by atoms with Gasteiger partial charge < -0.3 is 4.90 Å². The lowest BCUT2D eigenvalue weighted by Gasteiger charge is -2.37. The van der Waals surface area contributed by atoms with Crippen molar-refractivity contribution in [1.29, 1.82) is 0 Å². The van der Waals surface area contributed by atoms with E-state index in [0.717, 1.165) is 12.7 Å². The monoisotopic (exact) mass is 342 g/mol. The number of nitrogens with zero attached hydrogens (tertiary/aromatic N) is 2. The van der Waals surface area contributed by atoms with E-state index in [2.05, 4.69) is 0 Å². The standard InChI is InChI=1S/C13H21F3N2O3S/c1-9-7-11(9)12(19)17-5-3-10(4-6-17)18(22(2,20)21)8-13(14,15)16/h9-11H,3-8H2,1-2H3/t9-,11+/m1/s1. The lowest BCUT2D eigenvalue weighted by Crippen LogP contribution is -2.51. The lowest BCUT2D eigenvalue weighted by molar-refractivity contribution is -0.143. The Balaban J connectivity index is 1.97. The average molecular weight is 342 g/mol. The van der Waals surface area contributed by atoms with Gasteiger partial charge in [0.1, 0.15) is 6.54 Å². The van der Waals surface area contributed by atoms with Crippen LogP contribution in [-0.2, 0) is 14.8 Å². The Kier molecular flexibility index (Phi) is 4.77. The van der Waals surface area contributed by atoms with Crippen LogP contribution in [0.4, 0.5) is 13.2 Å². The highest BCUT2D eigenvalue weighted by molar-refractivity contribution is 7.88. The minimum atomic E-state index is -4.57. The molecule has 5 nitrogen and oxygen atoms in total. The van der Waals surface area contributed by atoms with Gasteiger partial charge in [-0.05, 0) is 25.2 Å². The summed E-state index contributed by atoms with van der Waals surface area (Å²) in [5, 5.41) is 0. The van der Waals surface area contributed by atoms with Crippen molar-refractivity contribution in [3.05, 3.63) is 0 Å². The Hall–Kier alpha value is -0.830. The van der Waals surface area contributed by atoms with Crippen molar-refractivity contribution >= 4 is 15.9 Å². The van der Waals surface area contributed by atoms with Gasteiger partial charge in [-0.2, -0.15) is 17.5 Å². The SMILES string of the molecule is C[C@@H]1C[C@@H]1C(=O)N1CCC(N(CC(F)(F)F)S(C)(=O)=O)CC1. The number of piperidine rings is 1. The van der Waals surface area contributed by atoms with E-state index in [0.29, 0.717) is 23.3 Å². The predicted molar refractivity (Wildman–Crippen MR) is 74.5 cm³/mol. The summed E-state index contributed by atoms with van der Waals surface area (Å²) in [6, 6.07) is -0.697. The summed E-state index contributed by atoms with van der Waals surface area (Å²) in [5.74, 6) is 0.466. The molecule has 2 atom stereocenters. The summed E-state index contributed by atoms with van der Waals surface area (Å²) in [6.45, 7) is 1.15. The Morgan fingerprint density at radius 2 is 1.77 bits per heavy atom. The van der Waals surface area contributed by atoms with Crippen LogP contribution < -0.4 is 0 Å². The first-order valence-electron chi connectivity index (χ1n) is 7.31. The van der Waals surface area contributed by atoms with E-state index >= 15 is 0 Å². The van der Waals surface area contributed by atoms with Gasteiger partial charge in [-0.15, -0.1) is 0 Å². The molecule has 0 N–H and O–H groups in total. The van der Waals surface area contributed by atoms with Gasteiger partial charge >= 0.3 is 6.18 Å². The van der Waals surface area contributed by atoms with Gasteiger partial charge in [0.25, 0.3) is 0 Å². The number of hydrogen-bond acceptors (Lipinski definition) is 3. The molecule has 9 heteroatoms. The summed E-state index contributed by atoms with van der Waals surface area (Å²) in [6.07, 6.45) is -2.42. The number of carbonyl (C=O) groups is 1. The summed E-state index contributed by atoms with van der Waals surface area (Å²) in [7, 11) is -3.94. The smallest absolute Gasteiger partial charge is 0.342 e. The van der Waals surface area contributed by atoms with Crippen molar-refractivity contribution in [3.8, 4) is 0 Å². The highest BCUT2D eigenvalue weighted by atomic mass is 32.2. The van der Waals surface area contributed by atoms with Crippen LogP contribution in [0.1, 0.15) is 26.2 Å². The molecule has 1 aliphatic carbocycles. The van der Waals surface area contributed by atoms with E-state index < -0.39 is 28.8 Å². The molecule has 0 unspecified atom stereocenters. The third kappa shape index (κ3) is 4.34. The molecule has 22 heavy (non-hydrogen) atoms. The van der Waals surface area contributed by atoms with Crippen molar-refractivity contribution in [1.82, 2.24) is 9.21 Å². The van der Waals surface area contributed by atoms with Crippen LogP contribution >= 0.6 is 0 Å². The number of rotatable bonds is 4. The second-order valence-corrected chi connectivity index (χ2v) is 8.23. The van der Waals surface area contributed by atoms with Crippen LogP contribution in [0.5, 0.6) is 0 Å². The molecule has 128 valence electrons. The molecule has 0 radical (unpaired) electrons. The summed E-state index contributed by atoms with van der Waals surface area (Å²) >= 11 is 0. The van der Waals surface area contributed by atoms with Gasteiger partial charge in [0.05, 0.1) is 6.26 Å². The van der Waals surface area contributed by atoms with Crippen LogP contribution in [-0.4, -0.2) is 61.6 Å². The number of amides is 1. The maximum atomic E-state index is 12.6. The van der Waals surface area contributed by atoms with Gasteiger partial charge in [-0.25, -0.2) is 8.42 Å². The van der Waals surface area contributed by atoms with Crippen LogP contribution in [0.15, 0.2) is 0 Å². The van der Waals surface area contributed by atoms with Gasteiger partial charge in [0, 0.05) is 25.0 Å². The molecular formula is C13H21F3N2O3S. The Labute approximate surface area is 128 Å². The maximum absolute atomic E-state index is 12.6. The quantitative estimate of drug-likeness (QED) is 0.777. The first-order chi connectivity index (χ1) is 9.99. The van der Waals surface area contributed by atoms with Crippen LogP contribution in [0.3, 0.4) is 0 Å². The Morgan fingerprint density at radius 3 is 2.14 bits per heavy atom. The first kappa shape index (κ1) is 17.5. The molecule has 0 bridgehead atoms.